The highest BCUT2D eigenvalue weighted by Crippen LogP contribution is 2.29. The van der Waals surface area contributed by atoms with Gasteiger partial charge in [0.05, 0.1) is 25.3 Å². The normalized spacial score (nSPS) is 14.9. The molecule has 1 saturated heterocycles. The summed E-state index contributed by atoms with van der Waals surface area (Å²) in [5.74, 6) is 1.09. The van der Waals surface area contributed by atoms with Crippen molar-refractivity contribution in [3.8, 4) is 11.5 Å². The summed E-state index contributed by atoms with van der Waals surface area (Å²) in [6, 6.07) is 10.4. The van der Waals surface area contributed by atoms with E-state index in [-0.39, 0.29) is 5.78 Å². The highest BCUT2D eigenvalue weighted by Gasteiger charge is 2.12. The van der Waals surface area contributed by atoms with Gasteiger partial charge in [-0.2, -0.15) is 0 Å². The molecule has 154 valence electrons. The topological polar surface area (TPSA) is 48.0 Å². The molecule has 0 radical (unpaired) electrons. The third kappa shape index (κ3) is 6.21. The lowest BCUT2D eigenvalue weighted by molar-refractivity contribution is 0.0321. The number of rotatable bonds is 8. The first kappa shape index (κ1) is 21.7. The van der Waals surface area contributed by atoms with Crippen molar-refractivity contribution in [1.29, 1.82) is 0 Å². The number of nitrogens with zero attached hydrogens (tertiary/aromatic N) is 1. The molecular weight excluding hydrogens is 413 g/mol. The summed E-state index contributed by atoms with van der Waals surface area (Å²) in [7, 11) is 1.59. The van der Waals surface area contributed by atoms with Crippen LogP contribution < -0.4 is 9.47 Å². The largest absolute Gasteiger partial charge is 0.493 e. The molecule has 0 aliphatic carbocycles. The van der Waals surface area contributed by atoms with Gasteiger partial charge in [-0.1, -0.05) is 35.3 Å². The van der Waals surface area contributed by atoms with Crippen molar-refractivity contribution in [3.05, 3.63) is 63.6 Å². The van der Waals surface area contributed by atoms with Gasteiger partial charge in [0.1, 0.15) is 6.61 Å². The molecule has 2 aromatic rings. The number of hydrogen-bond donors (Lipinski definition) is 0. The van der Waals surface area contributed by atoms with Crippen molar-refractivity contribution in [2.24, 2.45) is 0 Å². The maximum atomic E-state index is 12.4. The molecule has 0 unspecified atom stereocenters. The molecule has 1 aliphatic heterocycles. The number of morpholine rings is 1. The summed E-state index contributed by atoms with van der Waals surface area (Å²) >= 11 is 12.0. The van der Waals surface area contributed by atoms with Crippen molar-refractivity contribution < 1.29 is 19.0 Å². The Kier molecular flexibility index (Phi) is 7.95. The predicted octanol–water partition coefficient (Wildman–Crippen LogP) is 4.61. The van der Waals surface area contributed by atoms with Crippen LogP contribution in [0.4, 0.5) is 0 Å². The van der Waals surface area contributed by atoms with Crippen LogP contribution in [0.25, 0.3) is 6.08 Å². The molecule has 29 heavy (non-hydrogen) atoms. The average Bonchev–Trinajstić information content (AvgIpc) is 2.73. The lowest BCUT2D eigenvalue weighted by atomic mass is 10.1. The van der Waals surface area contributed by atoms with Crippen molar-refractivity contribution in [2.75, 3.05) is 46.6 Å². The van der Waals surface area contributed by atoms with Crippen LogP contribution in [0, 0.1) is 0 Å². The number of carbonyl (C=O) groups is 1. The van der Waals surface area contributed by atoms with Crippen LogP contribution in [-0.2, 0) is 4.74 Å². The molecule has 7 heteroatoms. The quantitative estimate of drug-likeness (QED) is 0.447. The summed E-state index contributed by atoms with van der Waals surface area (Å²) in [6.07, 6.45) is 3.19. The van der Waals surface area contributed by atoms with Crippen molar-refractivity contribution in [2.45, 2.75) is 0 Å². The van der Waals surface area contributed by atoms with E-state index in [0.717, 1.165) is 38.4 Å². The molecule has 0 saturated carbocycles. The van der Waals surface area contributed by atoms with Crippen LogP contribution in [0.1, 0.15) is 15.9 Å². The van der Waals surface area contributed by atoms with E-state index < -0.39 is 0 Å². The second-order valence-electron chi connectivity index (χ2n) is 6.53. The Balaban J connectivity index is 1.61. The Morgan fingerprint density at radius 1 is 1.14 bits per heavy atom. The molecule has 0 aromatic heterocycles. The first-order chi connectivity index (χ1) is 14.1. The smallest absolute Gasteiger partial charge is 0.187 e. The molecule has 1 heterocycles. The van der Waals surface area contributed by atoms with Gasteiger partial charge >= 0.3 is 0 Å². The molecule has 0 amide bonds. The number of hydrogen-bond acceptors (Lipinski definition) is 5. The minimum atomic E-state index is -0.198. The number of methoxy groups -OCH3 is 1. The monoisotopic (exact) mass is 435 g/mol. The Hall–Kier alpha value is -2.05. The zero-order valence-corrected chi connectivity index (χ0v) is 17.7. The number of halogens is 2. The lowest BCUT2D eigenvalue weighted by Crippen LogP contribution is -2.38. The molecule has 3 rings (SSSR count). The summed E-state index contributed by atoms with van der Waals surface area (Å²) in [5.41, 5.74) is 1.23. The van der Waals surface area contributed by atoms with E-state index in [4.69, 9.17) is 37.4 Å². The predicted molar refractivity (Wildman–Crippen MR) is 116 cm³/mol. The number of ether oxygens (including phenoxy) is 3. The molecular formula is C22H23Cl2NO4. The van der Waals surface area contributed by atoms with Crippen LogP contribution in [0.5, 0.6) is 11.5 Å². The van der Waals surface area contributed by atoms with E-state index in [1.165, 1.54) is 6.08 Å². The minimum absolute atomic E-state index is 0.198. The number of ketones is 1. The zero-order valence-electron chi connectivity index (χ0n) is 16.2. The Morgan fingerprint density at radius 2 is 1.93 bits per heavy atom. The van der Waals surface area contributed by atoms with E-state index in [2.05, 4.69) is 4.90 Å². The third-order valence-electron chi connectivity index (χ3n) is 4.58. The van der Waals surface area contributed by atoms with Gasteiger partial charge in [-0.15, -0.1) is 0 Å². The fraction of sp³-hybridized carbons (Fsp3) is 0.318. The molecule has 0 N–H and O–H groups in total. The number of carbonyl (C=O) groups excluding carboxylic acids is 1. The Morgan fingerprint density at radius 3 is 2.66 bits per heavy atom. The van der Waals surface area contributed by atoms with Crippen LogP contribution in [0.3, 0.4) is 0 Å². The summed E-state index contributed by atoms with van der Waals surface area (Å²) < 4.78 is 16.7. The molecule has 1 fully saturated rings. The van der Waals surface area contributed by atoms with Crippen molar-refractivity contribution in [3.63, 3.8) is 0 Å². The first-order valence-corrected chi connectivity index (χ1v) is 10.1. The average molecular weight is 436 g/mol. The van der Waals surface area contributed by atoms with Gasteiger partial charge in [0, 0.05) is 30.2 Å². The van der Waals surface area contributed by atoms with Gasteiger partial charge in [-0.3, -0.25) is 9.69 Å². The Bertz CT molecular complexity index is 879. The van der Waals surface area contributed by atoms with Gasteiger partial charge in [-0.25, -0.2) is 0 Å². The van der Waals surface area contributed by atoms with Crippen LogP contribution in [0.2, 0.25) is 10.0 Å². The van der Waals surface area contributed by atoms with E-state index in [0.29, 0.717) is 33.7 Å². The molecule has 1 aliphatic rings. The maximum absolute atomic E-state index is 12.4. The molecule has 0 bridgehead atoms. The van der Waals surface area contributed by atoms with Gasteiger partial charge < -0.3 is 14.2 Å². The highest BCUT2D eigenvalue weighted by atomic mass is 35.5. The second kappa shape index (κ2) is 10.6. The summed E-state index contributed by atoms with van der Waals surface area (Å²) in [5, 5.41) is 0.818. The highest BCUT2D eigenvalue weighted by molar-refractivity contribution is 6.37. The van der Waals surface area contributed by atoms with Gasteiger partial charge in [-0.05, 0) is 42.0 Å². The fourth-order valence-electron chi connectivity index (χ4n) is 2.97. The standard InChI is InChI=1S/C22H23Cl2NO4/c1-27-22-14-16(2-6-20(26)18-5-4-17(23)15-19(18)24)3-7-21(22)29-13-10-25-8-11-28-12-9-25/h2-7,14-15H,8-13H2,1H3/b6-2+. The summed E-state index contributed by atoms with van der Waals surface area (Å²) in [6.45, 7) is 4.80. The molecule has 2 aromatic carbocycles. The van der Waals surface area contributed by atoms with Crippen molar-refractivity contribution >= 4 is 35.1 Å². The van der Waals surface area contributed by atoms with Gasteiger partial charge in [0.25, 0.3) is 0 Å². The fourth-order valence-corrected chi connectivity index (χ4v) is 3.47. The van der Waals surface area contributed by atoms with E-state index in [9.17, 15) is 4.79 Å². The maximum Gasteiger partial charge on any atom is 0.187 e. The SMILES string of the molecule is COc1cc(/C=C/C(=O)c2ccc(Cl)cc2Cl)ccc1OCCN1CCOCC1. The minimum Gasteiger partial charge on any atom is -0.493 e. The van der Waals surface area contributed by atoms with Gasteiger partial charge in [0.2, 0.25) is 0 Å². The Labute approximate surface area is 180 Å². The van der Waals surface area contributed by atoms with Crippen LogP contribution in [-0.4, -0.2) is 57.2 Å². The van der Waals surface area contributed by atoms with Crippen LogP contribution in [0.15, 0.2) is 42.5 Å². The third-order valence-corrected chi connectivity index (χ3v) is 5.13. The lowest BCUT2D eigenvalue weighted by Gasteiger charge is -2.26. The first-order valence-electron chi connectivity index (χ1n) is 9.35. The number of allylic oxidation sites excluding steroid dienone is 1. The van der Waals surface area contributed by atoms with E-state index in [1.807, 2.05) is 18.2 Å². The van der Waals surface area contributed by atoms with Gasteiger partial charge in [0.15, 0.2) is 17.3 Å². The van der Waals surface area contributed by atoms with E-state index >= 15 is 0 Å². The summed E-state index contributed by atoms with van der Waals surface area (Å²) in [4.78, 5) is 14.7. The van der Waals surface area contributed by atoms with Crippen LogP contribution >= 0.6 is 23.2 Å². The molecule has 0 spiro atoms. The number of benzene rings is 2. The molecule has 5 nitrogen and oxygen atoms in total. The van der Waals surface area contributed by atoms with E-state index in [1.54, 1.807) is 31.4 Å². The van der Waals surface area contributed by atoms with Crippen molar-refractivity contribution in [1.82, 2.24) is 4.90 Å². The molecule has 0 atom stereocenters. The second-order valence-corrected chi connectivity index (χ2v) is 7.38. The zero-order chi connectivity index (χ0) is 20.6.